The van der Waals surface area contributed by atoms with E-state index in [0.29, 0.717) is 48.6 Å². The van der Waals surface area contributed by atoms with Gasteiger partial charge in [-0.3, -0.25) is 9.36 Å². The van der Waals surface area contributed by atoms with Gasteiger partial charge in [-0.05, 0) is 55.8 Å². The average Bonchev–Trinajstić information content (AvgIpc) is 3.33. The first-order chi connectivity index (χ1) is 21.3. The Kier molecular flexibility index (Phi) is 9.41. The second kappa shape index (κ2) is 13.4. The number of methoxy groups -OCH3 is 3. The SMILES string of the molecule is CCOC(=O)C1=C(C)N=c2s/c(=C\c3ccc(OCc4ccccc4Cl)c(OC)c3)c(=O)n2[C@@H]1c1ccc(OC)cc1OC. The minimum Gasteiger partial charge on any atom is -0.497 e. The molecule has 0 fully saturated rings. The van der Waals surface area contributed by atoms with Crippen molar-refractivity contribution in [1.82, 2.24) is 4.57 Å². The number of nitrogens with zero attached hydrogens (tertiary/aromatic N) is 2. The van der Waals surface area contributed by atoms with Crippen molar-refractivity contribution in [2.24, 2.45) is 4.99 Å². The molecule has 4 aromatic rings. The standard InChI is InChI=1S/C33H31ClN2O7S/c1-6-42-32(38)29-19(2)35-33-36(30(29)23-13-12-22(39-3)17-26(23)40-4)31(37)28(44-33)16-20-11-14-25(27(15-20)41-5)43-18-21-9-7-8-10-24(21)34/h7-17,30H,6,18H2,1-5H3/b28-16-/t30-/m1/s1. The summed E-state index contributed by atoms with van der Waals surface area (Å²) in [7, 11) is 4.63. The highest BCUT2D eigenvalue weighted by Crippen LogP contribution is 2.37. The van der Waals surface area contributed by atoms with Crippen molar-refractivity contribution in [3.63, 3.8) is 0 Å². The van der Waals surface area contributed by atoms with E-state index in [4.69, 9.17) is 35.3 Å². The fourth-order valence-electron chi connectivity index (χ4n) is 4.95. The molecule has 44 heavy (non-hydrogen) atoms. The molecule has 1 aliphatic rings. The number of benzene rings is 3. The molecule has 0 N–H and O–H groups in total. The Labute approximate surface area is 263 Å². The number of aromatic nitrogens is 1. The van der Waals surface area contributed by atoms with Crippen LogP contribution in [0.2, 0.25) is 5.02 Å². The van der Waals surface area contributed by atoms with Gasteiger partial charge in [-0.2, -0.15) is 0 Å². The molecule has 5 rings (SSSR count). The van der Waals surface area contributed by atoms with Gasteiger partial charge in [-0.1, -0.05) is 47.2 Å². The fraction of sp³-hybridized carbons (Fsp3) is 0.242. The van der Waals surface area contributed by atoms with Crippen molar-refractivity contribution in [3.8, 4) is 23.0 Å². The summed E-state index contributed by atoms with van der Waals surface area (Å²) in [5.41, 5.74) is 2.57. The topological polar surface area (TPSA) is 97.6 Å². The molecule has 2 heterocycles. The molecule has 1 aliphatic heterocycles. The van der Waals surface area contributed by atoms with E-state index < -0.39 is 12.0 Å². The van der Waals surface area contributed by atoms with E-state index in [1.807, 2.05) is 30.3 Å². The zero-order valence-corrected chi connectivity index (χ0v) is 26.5. The van der Waals surface area contributed by atoms with Gasteiger partial charge in [0.2, 0.25) is 0 Å². The van der Waals surface area contributed by atoms with E-state index >= 15 is 0 Å². The first kappa shape index (κ1) is 30.9. The molecule has 228 valence electrons. The van der Waals surface area contributed by atoms with Crippen molar-refractivity contribution in [2.75, 3.05) is 27.9 Å². The first-order valence-corrected chi connectivity index (χ1v) is 14.9. The Bertz CT molecular complexity index is 1930. The molecular weight excluding hydrogens is 604 g/mol. The third kappa shape index (κ3) is 6.09. The number of ether oxygens (including phenoxy) is 5. The molecule has 0 saturated heterocycles. The van der Waals surface area contributed by atoms with E-state index in [-0.39, 0.29) is 24.3 Å². The molecule has 0 spiro atoms. The van der Waals surface area contributed by atoms with Crippen LogP contribution in [0.4, 0.5) is 0 Å². The van der Waals surface area contributed by atoms with Gasteiger partial charge in [0.25, 0.3) is 5.56 Å². The number of halogens is 1. The van der Waals surface area contributed by atoms with Crippen LogP contribution in [0.3, 0.4) is 0 Å². The lowest BCUT2D eigenvalue weighted by atomic mass is 9.95. The second-order valence-electron chi connectivity index (χ2n) is 9.70. The third-order valence-corrected chi connectivity index (χ3v) is 8.43. The van der Waals surface area contributed by atoms with Gasteiger partial charge >= 0.3 is 5.97 Å². The maximum Gasteiger partial charge on any atom is 0.338 e. The van der Waals surface area contributed by atoms with Crippen LogP contribution in [0.25, 0.3) is 6.08 Å². The summed E-state index contributed by atoms with van der Waals surface area (Å²) in [6, 6.07) is 17.3. The Hall–Kier alpha value is -4.54. The van der Waals surface area contributed by atoms with Crippen LogP contribution in [-0.4, -0.2) is 38.5 Å². The Morgan fingerprint density at radius 2 is 1.77 bits per heavy atom. The van der Waals surface area contributed by atoms with Gasteiger partial charge in [-0.25, -0.2) is 9.79 Å². The molecule has 3 aromatic carbocycles. The molecule has 0 amide bonds. The molecule has 0 bridgehead atoms. The molecule has 9 nitrogen and oxygen atoms in total. The normalized spacial score (nSPS) is 14.5. The Morgan fingerprint density at radius 3 is 2.48 bits per heavy atom. The quantitative estimate of drug-likeness (QED) is 0.225. The van der Waals surface area contributed by atoms with E-state index in [1.54, 1.807) is 64.5 Å². The molecule has 1 atom stereocenters. The van der Waals surface area contributed by atoms with Crippen molar-refractivity contribution in [3.05, 3.63) is 113 Å². The molecule has 1 aromatic heterocycles. The summed E-state index contributed by atoms with van der Waals surface area (Å²) < 4.78 is 30.0. The third-order valence-electron chi connectivity index (χ3n) is 7.08. The number of allylic oxidation sites excluding steroid dienone is 1. The minimum absolute atomic E-state index is 0.173. The van der Waals surface area contributed by atoms with E-state index in [2.05, 4.69) is 4.99 Å². The molecular formula is C33H31ClN2O7S. The van der Waals surface area contributed by atoms with Crippen LogP contribution in [-0.2, 0) is 16.1 Å². The minimum atomic E-state index is -0.830. The first-order valence-electron chi connectivity index (χ1n) is 13.7. The highest BCUT2D eigenvalue weighted by molar-refractivity contribution is 7.07. The number of rotatable bonds is 10. The summed E-state index contributed by atoms with van der Waals surface area (Å²) in [6.07, 6.45) is 1.76. The maximum absolute atomic E-state index is 14.0. The Morgan fingerprint density at radius 1 is 1.00 bits per heavy atom. The van der Waals surface area contributed by atoms with Gasteiger partial charge in [-0.15, -0.1) is 0 Å². The highest BCUT2D eigenvalue weighted by atomic mass is 35.5. The summed E-state index contributed by atoms with van der Waals surface area (Å²) in [5.74, 6) is 1.51. The van der Waals surface area contributed by atoms with E-state index in [1.165, 1.54) is 23.0 Å². The summed E-state index contributed by atoms with van der Waals surface area (Å²) >= 11 is 7.50. The molecule has 11 heteroatoms. The molecule has 0 unspecified atom stereocenters. The van der Waals surface area contributed by atoms with Gasteiger partial charge in [0.1, 0.15) is 24.1 Å². The lowest BCUT2D eigenvalue weighted by Gasteiger charge is -2.26. The maximum atomic E-state index is 14.0. The zero-order chi connectivity index (χ0) is 31.4. The molecule has 0 saturated carbocycles. The predicted octanol–water partition coefficient (Wildman–Crippen LogP) is 5.06. The number of carbonyl (C=O) groups is 1. The number of hydrogen-bond acceptors (Lipinski definition) is 9. The van der Waals surface area contributed by atoms with Crippen LogP contribution < -0.4 is 33.8 Å². The van der Waals surface area contributed by atoms with Crippen molar-refractivity contribution >= 4 is 35.0 Å². The molecule has 0 aliphatic carbocycles. The number of hydrogen-bond donors (Lipinski definition) is 0. The van der Waals surface area contributed by atoms with Crippen LogP contribution in [0.15, 0.2) is 81.7 Å². The number of thiazole rings is 1. The van der Waals surface area contributed by atoms with Gasteiger partial charge in [0.05, 0.1) is 43.7 Å². The van der Waals surface area contributed by atoms with Crippen molar-refractivity contribution < 1.29 is 28.5 Å². The van der Waals surface area contributed by atoms with Crippen LogP contribution >= 0.6 is 22.9 Å². The largest absolute Gasteiger partial charge is 0.497 e. The predicted molar refractivity (Wildman–Crippen MR) is 169 cm³/mol. The van der Waals surface area contributed by atoms with Gasteiger partial charge in [0.15, 0.2) is 16.3 Å². The van der Waals surface area contributed by atoms with Crippen LogP contribution in [0, 0.1) is 0 Å². The number of carbonyl (C=O) groups excluding carboxylic acids is 1. The summed E-state index contributed by atoms with van der Waals surface area (Å²) in [4.78, 5) is 32.4. The zero-order valence-electron chi connectivity index (χ0n) is 24.9. The van der Waals surface area contributed by atoms with Crippen LogP contribution in [0.5, 0.6) is 23.0 Å². The summed E-state index contributed by atoms with van der Waals surface area (Å²) in [6.45, 7) is 3.91. The van der Waals surface area contributed by atoms with Gasteiger partial charge in [0, 0.05) is 22.2 Å². The van der Waals surface area contributed by atoms with Crippen molar-refractivity contribution in [2.45, 2.75) is 26.5 Å². The highest BCUT2D eigenvalue weighted by Gasteiger charge is 2.35. The van der Waals surface area contributed by atoms with Crippen molar-refractivity contribution in [1.29, 1.82) is 0 Å². The van der Waals surface area contributed by atoms with E-state index in [9.17, 15) is 9.59 Å². The lowest BCUT2D eigenvalue weighted by molar-refractivity contribution is -0.139. The van der Waals surface area contributed by atoms with Gasteiger partial charge < -0.3 is 23.7 Å². The molecule has 0 radical (unpaired) electrons. The van der Waals surface area contributed by atoms with Crippen LogP contribution in [0.1, 0.15) is 36.6 Å². The lowest BCUT2D eigenvalue weighted by Crippen LogP contribution is -2.40. The number of fused-ring (bicyclic) bond motifs is 1. The average molecular weight is 635 g/mol. The second-order valence-corrected chi connectivity index (χ2v) is 11.1. The fourth-order valence-corrected chi connectivity index (χ4v) is 6.18. The smallest absolute Gasteiger partial charge is 0.338 e. The van der Waals surface area contributed by atoms with E-state index in [0.717, 1.165) is 11.1 Å². The monoisotopic (exact) mass is 634 g/mol. The summed E-state index contributed by atoms with van der Waals surface area (Å²) in [5, 5.41) is 0.616. The Balaban J connectivity index is 1.59. The number of esters is 1.